The van der Waals surface area contributed by atoms with E-state index in [4.69, 9.17) is 32.9 Å². The number of carbonyl (C=O) groups is 1. The molecule has 1 aliphatic heterocycles. The number of rotatable bonds is 5. The Balaban J connectivity index is 1.63. The highest BCUT2D eigenvalue weighted by Crippen LogP contribution is 2.45. The zero-order valence-electron chi connectivity index (χ0n) is 25.8. The molecule has 246 valence electrons. The molecule has 1 aliphatic rings. The molecule has 0 saturated carbocycles. The van der Waals surface area contributed by atoms with Crippen molar-refractivity contribution < 1.29 is 27.1 Å². The molecule has 6 rings (SSSR count). The number of anilines is 1. The third-order valence-electron chi connectivity index (χ3n) is 8.00. The predicted molar refractivity (Wildman–Crippen MR) is 179 cm³/mol. The Morgan fingerprint density at radius 1 is 0.938 bits per heavy atom. The van der Waals surface area contributed by atoms with Gasteiger partial charge in [0.05, 0.1) is 27.7 Å². The van der Waals surface area contributed by atoms with Gasteiger partial charge in [-0.1, -0.05) is 77.5 Å². The Morgan fingerprint density at radius 2 is 1.56 bits per heavy atom. The Kier molecular flexibility index (Phi) is 9.39. The van der Waals surface area contributed by atoms with Crippen LogP contribution < -0.4 is 15.0 Å². The Bertz CT molecular complexity index is 2090. The molecule has 2 heterocycles. The second-order valence-electron chi connectivity index (χ2n) is 11.4. The highest BCUT2D eigenvalue weighted by atomic mass is 35.5. The molecule has 5 aromatic rings. The van der Waals surface area contributed by atoms with Gasteiger partial charge < -0.3 is 19.5 Å². The lowest BCUT2D eigenvalue weighted by Gasteiger charge is -2.29. The number of aryl methyl sites for hydroxylation is 2. The van der Waals surface area contributed by atoms with E-state index >= 15 is 0 Å². The number of imidazole rings is 1. The van der Waals surface area contributed by atoms with Gasteiger partial charge in [0.1, 0.15) is 11.3 Å². The summed E-state index contributed by atoms with van der Waals surface area (Å²) in [5.74, 6) is 3.41. The first-order chi connectivity index (χ1) is 22.9. The van der Waals surface area contributed by atoms with Crippen LogP contribution in [0.25, 0.3) is 22.2 Å². The molecular weight excluding hydrogens is 667 g/mol. The van der Waals surface area contributed by atoms with Crippen molar-refractivity contribution in [1.82, 2.24) is 14.9 Å². The summed E-state index contributed by atoms with van der Waals surface area (Å²) in [6, 6.07) is 18.7. The van der Waals surface area contributed by atoms with Crippen LogP contribution in [0.2, 0.25) is 10.0 Å². The van der Waals surface area contributed by atoms with Crippen LogP contribution >= 0.6 is 23.2 Å². The molecule has 0 atom stereocenters. The number of halogens is 6. The summed E-state index contributed by atoms with van der Waals surface area (Å²) in [6.45, 7) is 6.19. The average molecular weight is 696 g/mol. The maximum absolute atomic E-state index is 14.6. The first-order valence-corrected chi connectivity index (χ1v) is 15.8. The molecule has 12 heteroatoms. The van der Waals surface area contributed by atoms with E-state index in [9.17, 15) is 22.4 Å². The quantitative estimate of drug-likeness (QED) is 0.0873. The number of fused-ring (bicyclic) bond motifs is 1. The SMILES string of the molecule is Cc1cc(Cn2c(N3CCNCC3)nc3c(-c4ccccc4C#Cc4ccccc4Cl)c(OC(=O)C(F)(F)F)c(Cl)cc32)cc(C)c1F. The molecule has 1 saturated heterocycles. The van der Waals surface area contributed by atoms with Crippen molar-refractivity contribution in [2.75, 3.05) is 31.1 Å². The lowest BCUT2D eigenvalue weighted by atomic mass is 9.97. The van der Waals surface area contributed by atoms with Crippen molar-refractivity contribution >= 4 is 46.2 Å². The van der Waals surface area contributed by atoms with Gasteiger partial charge in [-0.25, -0.2) is 14.2 Å². The Labute approximate surface area is 284 Å². The highest BCUT2D eigenvalue weighted by Gasteiger charge is 2.42. The molecule has 0 spiro atoms. The van der Waals surface area contributed by atoms with Crippen molar-refractivity contribution in [3.63, 3.8) is 0 Å². The van der Waals surface area contributed by atoms with Gasteiger partial charge in [-0.3, -0.25) is 0 Å². The molecule has 1 fully saturated rings. The molecule has 1 aromatic heterocycles. The molecule has 0 amide bonds. The zero-order valence-corrected chi connectivity index (χ0v) is 27.3. The molecule has 0 aliphatic carbocycles. The minimum absolute atomic E-state index is 0.0701. The lowest BCUT2D eigenvalue weighted by molar-refractivity contribution is -0.189. The van der Waals surface area contributed by atoms with Gasteiger partial charge in [0.25, 0.3) is 0 Å². The minimum atomic E-state index is -5.29. The van der Waals surface area contributed by atoms with Crippen molar-refractivity contribution in [2.45, 2.75) is 26.6 Å². The number of nitrogens with one attached hydrogen (secondary N) is 1. The molecule has 0 unspecified atom stereocenters. The Hall–Kier alpha value is -4.56. The van der Waals surface area contributed by atoms with E-state index in [-0.39, 0.29) is 28.5 Å². The van der Waals surface area contributed by atoms with Crippen LogP contribution in [0.4, 0.5) is 23.5 Å². The number of benzene rings is 4. The molecule has 4 aromatic carbocycles. The summed E-state index contributed by atoms with van der Waals surface area (Å²) in [5.41, 5.74) is 3.84. The number of hydrogen-bond donors (Lipinski definition) is 1. The molecule has 48 heavy (non-hydrogen) atoms. The van der Waals surface area contributed by atoms with E-state index in [1.54, 1.807) is 74.5 Å². The fourth-order valence-corrected chi connectivity index (χ4v) is 6.19. The van der Waals surface area contributed by atoms with Crippen molar-refractivity contribution in [2.24, 2.45) is 0 Å². The molecule has 6 nitrogen and oxygen atoms in total. The number of ether oxygens (including phenoxy) is 1. The van der Waals surface area contributed by atoms with Gasteiger partial charge in [-0.2, -0.15) is 13.2 Å². The van der Waals surface area contributed by atoms with Gasteiger partial charge in [0, 0.05) is 42.9 Å². The second-order valence-corrected chi connectivity index (χ2v) is 12.2. The Morgan fingerprint density at radius 3 is 2.23 bits per heavy atom. The summed E-state index contributed by atoms with van der Waals surface area (Å²) >= 11 is 13.1. The van der Waals surface area contributed by atoms with Crippen LogP contribution in [-0.4, -0.2) is 47.9 Å². The highest BCUT2D eigenvalue weighted by molar-refractivity contribution is 6.34. The van der Waals surface area contributed by atoms with E-state index in [1.165, 1.54) is 6.07 Å². The number of aromatic nitrogens is 2. The minimum Gasteiger partial charge on any atom is -0.418 e. The summed E-state index contributed by atoms with van der Waals surface area (Å²) in [4.78, 5) is 19.3. The van der Waals surface area contributed by atoms with E-state index in [2.05, 4.69) is 22.1 Å². The first-order valence-electron chi connectivity index (χ1n) is 15.0. The fraction of sp³-hybridized carbons (Fsp3) is 0.222. The van der Waals surface area contributed by atoms with Crippen LogP contribution in [0.3, 0.4) is 0 Å². The number of nitrogens with zero attached hydrogens (tertiary/aromatic N) is 3. The summed E-state index contributed by atoms with van der Waals surface area (Å²) < 4.78 is 62.2. The van der Waals surface area contributed by atoms with E-state index in [0.717, 1.165) is 5.56 Å². The summed E-state index contributed by atoms with van der Waals surface area (Å²) in [7, 11) is 0. The molecule has 1 N–H and O–H groups in total. The second kappa shape index (κ2) is 13.5. The van der Waals surface area contributed by atoms with Crippen LogP contribution in [-0.2, 0) is 11.3 Å². The van der Waals surface area contributed by atoms with Crippen molar-refractivity contribution in [3.05, 3.63) is 110 Å². The number of piperazine rings is 1. The number of esters is 1. The first kappa shape index (κ1) is 33.3. The number of hydrogen-bond acceptors (Lipinski definition) is 5. The number of carbonyl (C=O) groups excluding carboxylic acids is 1. The van der Waals surface area contributed by atoms with E-state index < -0.39 is 17.9 Å². The van der Waals surface area contributed by atoms with E-state index in [1.807, 2.05) is 4.57 Å². The fourth-order valence-electron chi connectivity index (χ4n) is 5.78. The zero-order chi connectivity index (χ0) is 34.2. The van der Waals surface area contributed by atoms with Gasteiger partial charge in [0.2, 0.25) is 5.95 Å². The van der Waals surface area contributed by atoms with Crippen molar-refractivity contribution in [3.8, 4) is 28.7 Å². The van der Waals surface area contributed by atoms with Crippen LogP contribution in [0.15, 0.2) is 66.7 Å². The normalized spacial score (nSPS) is 13.4. The predicted octanol–water partition coefficient (Wildman–Crippen LogP) is 8.09. The van der Waals surface area contributed by atoms with Gasteiger partial charge >= 0.3 is 12.1 Å². The van der Waals surface area contributed by atoms with Gasteiger partial charge in [0.15, 0.2) is 5.75 Å². The lowest BCUT2D eigenvalue weighted by Crippen LogP contribution is -2.44. The molecule has 0 radical (unpaired) electrons. The largest absolute Gasteiger partial charge is 0.491 e. The average Bonchev–Trinajstić information content (AvgIpc) is 3.40. The smallest absolute Gasteiger partial charge is 0.418 e. The monoisotopic (exact) mass is 694 g/mol. The number of alkyl halides is 3. The van der Waals surface area contributed by atoms with Crippen LogP contribution in [0, 0.1) is 31.5 Å². The maximum Gasteiger partial charge on any atom is 0.491 e. The van der Waals surface area contributed by atoms with Crippen LogP contribution in [0.5, 0.6) is 5.75 Å². The maximum atomic E-state index is 14.6. The molecule has 0 bridgehead atoms. The standard InChI is InChI=1S/C36H28Cl2F4N4O2/c1-21-17-23(18-22(2)31(21)39)20-46-29-19-28(38)33(48-34(47)36(40,41)42)30(32(29)44-35(46)45-15-13-43-14-16-45)26-9-5-3-7-24(26)11-12-25-8-4-6-10-27(25)37/h3-10,17-19,43H,13-16,20H2,1-2H3. The van der Waals surface area contributed by atoms with Crippen molar-refractivity contribution in [1.29, 1.82) is 0 Å². The summed E-state index contributed by atoms with van der Waals surface area (Å²) in [6.07, 6.45) is -5.29. The van der Waals surface area contributed by atoms with E-state index in [0.29, 0.717) is 70.5 Å². The topological polar surface area (TPSA) is 59.4 Å². The third-order valence-corrected chi connectivity index (χ3v) is 8.61. The molecular formula is C36H28Cl2F4N4O2. The van der Waals surface area contributed by atoms with Crippen LogP contribution in [0.1, 0.15) is 27.8 Å². The van der Waals surface area contributed by atoms with Gasteiger partial charge in [-0.15, -0.1) is 0 Å². The third kappa shape index (κ3) is 6.72. The van der Waals surface area contributed by atoms with Gasteiger partial charge in [-0.05, 0) is 54.8 Å². The summed E-state index contributed by atoms with van der Waals surface area (Å²) in [5, 5.41) is 3.50.